The Bertz CT molecular complexity index is 533. The summed E-state index contributed by atoms with van der Waals surface area (Å²) in [5.74, 6) is 0.851. The molecule has 0 aliphatic heterocycles. The number of anilines is 1. The van der Waals surface area contributed by atoms with E-state index in [0.717, 1.165) is 17.1 Å². The molecule has 0 saturated carbocycles. The number of nitrogens with one attached hydrogen (secondary N) is 1. The van der Waals surface area contributed by atoms with E-state index in [9.17, 15) is 0 Å². The van der Waals surface area contributed by atoms with Crippen molar-refractivity contribution in [2.45, 2.75) is 20.4 Å². The van der Waals surface area contributed by atoms with Crippen molar-refractivity contribution in [1.82, 2.24) is 14.8 Å². The molecule has 17 heavy (non-hydrogen) atoms. The number of pyridine rings is 1. The third-order valence-electron chi connectivity index (χ3n) is 2.63. The van der Waals surface area contributed by atoms with E-state index in [0.29, 0.717) is 11.7 Å². The van der Waals surface area contributed by atoms with Crippen LogP contribution in [0, 0.1) is 13.8 Å². The average molecular weight is 251 g/mol. The van der Waals surface area contributed by atoms with Crippen LogP contribution in [0.25, 0.3) is 0 Å². The van der Waals surface area contributed by atoms with Gasteiger partial charge < -0.3 is 5.32 Å². The summed E-state index contributed by atoms with van der Waals surface area (Å²) in [6, 6.07) is 3.97. The van der Waals surface area contributed by atoms with Crippen LogP contribution in [0.3, 0.4) is 0 Å². The topological polar surface area (TPSA) is 42.7 Å². The zero-order chi connectivity index (χ0) is 12.4. The number of rotatable bonds is 3. The summed E-state index contributed by atoms with van der Waals surface area (Å²) >= 11 is 6.15. The second-order valence-electron chi connectivity index (χ2n) is 4.05. The second-order valence-corrected chi connectivity index (χ2v) is 4.41. The SMILES string of the molecule is Cc1ccnc(NCc2c(C)nn(C)c2Cl)c1. The molecule has 0 aliphatic carbocycles. The molecule has 0 saturated heterocycles. The van der Waals surface area contributed by atoms with Crippen LogP contribution in [0.4, 0.5) is 5.82 Å². The number of nitrogens with zero attached hydrogens (tertiary/aromatic N) is 3. The molecule has 0 bridgehead atoms. The van der Waals surface area contributed by atoms with E-state index >= 15 is 0 Å². The Morgan fingerprint density at radius 1 is 1.41 bits per heavy atom. The fraction of sp³-hybridized carbons (Fsp3) is 0.333. The monoisotopic (exact) mass is 250 g/mol. The molecule has 5 heteroatoms. The van der Waals surface area contributed by atoms with Gasteiger partial charge in [-0.1, -0.05) is 11.6 Å². The van der Waals surface area contributed by atoms with Crippen LogP contribution in [0.2, 0.25) is 5.15 Å². The van der Waals surface area contributed by atoms with E-state index in [-0.39, 0.29) is 0 Å². The maximum atomic E-state index is 6.15. The quantitative estimate of drug-likeness (QED) is 0.911. The summed E-state index contributed by atoms with van der Waals surface area (Å²) in [6.07, 6.45) is 1.79. The molecule has 2 aromatic rings. The first-order chi connectivity index (χ1) is 8.08. The van der Waals surface area contributed by atoms with E-state index in [4.69, 9.17) is 11.6 Å². The Labute approximate surface area is 106 Å². The zero-order valence-electron chi connectivity index (χ0n) is 10.2. The summed E-state index contributed by atoms with van der Waals surface area (Å²) in [5, 5.41) is 8.18. The lowest BCUT2D eigenvalue weighted by molar-refractivity contribution is 0.757. The van der Waals surface area contributed by atoms with Crippen LogP contribution < -0.4 is 5.32 Å². The maximum absolute atomic E-state index is 6.15. The lowest BCUT2D eigenvalue weighted by Gasteiger charge is -2.05. The molecule has 0 unspecified atom stereocenters. The Morgan fingerprint density at radius 3 is 2.76 bits per heavy atom. The molecule has 0 atom stereocenters. The first-order valence-corrected chi connectivity index (χ1v) is 5.80. The third-order valence-corrected chi connectivity index (χ3v) is 3.10. The molecule has 0 spiro atoms. The van der Waals surface area contributed by atoms with Crippen LogP contribution in [-0.2, 0) is 13.6 Å². The van der Waals surface area contributed by atoms with Gasteiger partial charge in [-0.05, 0) is 31.5 Å². The fourth-order valence-corrected chi connectivity index (χ4v) is 1.93. The lowest BCUT2D eigenvalue weighted by atomic mass is 10.2. The van der Waals surface area contributed by atoms with Crippen molar-refractivity contribution < 1.29 is 0 Å². The summed E-state index contributed by atoms with van der Waals surface area (Å²) in [7, 11) is 1.84. The molecule has 2 aromatic heterocycles. The molecular weight excluding hydrogens is 236 g/mol. The van der Waals surface area contributed by atoms with Crippen LogP contribution in [0.1, 0.15) is 16.8 Å². The van der Waals surface area contributed by atoms with Crippen molar-refractivity contribution in [3.63, 3.8) is 0 Å². The van der Waals surface area contributed by atoms with Gasteiger partial charge in [-0.3, -0.25) is 4.68 Å². The van der Waals surface area contributed by atoms with Crippen LogP contribution >= 0.6 is 11.6 Å². The van der Waals surface area contributed by atoms with E-state index in [1.54, 1.807) is 10.9 Å². The van der Waals surface area contributed by atoms with Gasteiger partial charge in [0.05, 0.1) is 5.69 Å². The van der Waals surface area contributed by atoms with Gasteiger partial charge in [-0.2, -0.15) is 5.10 Å². The smallest absolute Gasteiger partial charge is 0.131 e. The van der Waals surface area contributed by atoms with Gasteiger partial charge in [0.25, 0.3) is 0 Å². The fourth-order valence-electron chi connectivity index (χ4n) is 1.69. The summed E-state index contributed by atoms with van der Waals surface area (Å²) in [5.41, 5.74) is 3.13. The van der Waals surface area contributed by atoms with Crippen molar-refractivity contribution in [1.29, 1.82) is 0 Å². The van der Waals surface area contributed by atoms with E-state index < -0.39 is 0 Å². The van der Waals surface area contributed by atoms with Gasteiger partial charge in [-0.25, -0.2) is 4.98 Å². The third kappa shape index (κ3) is 2.58. The molecule has 0 radical (unpaired) electrons. The van der Waals surface area contributed by atoms with Crippen molar-refractivity contribution in [2.75, 3.05) is 5.32 Å². The van der Waals surface area contributed by atoms with E-state index in [2.05, 4.69) is 15.4 Å². The molecule has 0 aromatic carbocycles. The van der Waals surface area contributed by atoms with Crippen molar-refractivity contribution in [3.8, 4) is 0 Å². The van der Waals surface area contributed by atoms with Gasteiger partial charge in [-0.15, -0.1) is 0 Å². The highest BCUT2D eigenvalue weighted by Crippen LogP contribution is 2.19. The zero-order valence-corrected chi connectivity index (χ0v) is 10.9. The largest absolute Gasteiger partial charge is 0.366 e. The van der Waals surface area contributed by atoms with Crippen molar-refractivity contribution in [2.24, 2.45) is 7.05 Å². The van der Waals surface area contributed by atoms with E-state index in [1.807, 2.05) is 33.0 Å². The Balaban J connectivity index is 2.12. The molecule has 2 heterocycles. The van der Waals surface area contributed by atoms with Crippen molar-refractivity contribution in [3.05, 3.63) is 40.3 Å². The highest BCUT2D eigenvalue weighted by Gasteiger charge is 2.10. The van der Waals surface area contributed by atoms with E-state index in [1.165, 1.54) is 5.56 Å². The number of hydrogen-bond acceptors (Lipinski definition) is 3. The molecular formula is C12H15ClN4. The Hall–Kier alpha value is -1.55. The summed E-state index contributed by atoms with van der Waals surface area (Å²) in [4.78, 5) is 4.24. The maximum Gasteiger partial charge on any atom is 0.131 e. The minimum atomic E-state index is 0.634. The Kier molecular flexibility index (Phi) is 3.33. The first kappa shape index (κ1) is 11.9. The highest BCUT2D eigenvalue weighted by molar-refractivity contribution is 6.30. The van der Waals surface area contributed by atoms with Gasteiger partial charge >= 0.3 is 0 Å². The normalized spacial score (nSPS) is 10.6. The predicted molar refractivity (Wildman–Crippen MR) is 69.3 cm³/mol. The Morgan fingerprint density at radius 2 is 2.18 bits per heavy atom. The molecule has 1 N–H and O–H groups in total. The highest BCUT2D eigenvalue weighted by atomic mass is 35.5. The van der Waals surface area contributed by atoms with Gasteiger partial charge in [0, 0.05) is 25.4 Å². The summed E-state index contributed by atoms with van der Waals surface area (Å²) in [6.45, 7) is 4.62. The second kappa shape index (κ2) is 4.75. The summed E-state index contributed by atoms with van der Waals surface area (Å²) < 4.78 is 1.68. The van der Waals surface area contributed by atoms with Crippen LogP contribution in [0.15, 0.2) is 18.3 Å². The van der Waals surface area contributed by atoms with Crippen molar-refractivity contribution >= 4 is 17.4 Å². The molecule has 2 rings (SSSR count). The minimum Gasteiger partial charge on any atom is -0.366 e. The standard InChI is InChI=1S/C12H15ClN4/c1-8-4-5-14-11(6-8)15-7-10-9(2)16-17(3)12(10)13/h4-6H,7H2,1-3H3,(H,14,15). The lowest BCUT2D eigenvalue weighted by Crippen LogP contribution is -2.02. The van der Waals surface area contributed by atoms with Gasteiger partial charge in [0.1, 0.15) is 11.0 Å². The van der Waals surface area contributed by atoms with Crippen LogP contribution in [-0.4, -0.2) is 14.8 Å². The predicted octanol–water partition coefficient (Wildman–Crippen LogP) is 2.70. The number of aryl methyl sites for hydroxylation is 3. The molecule has 90 valence electrons. The number of hydrogen-bond donors (Lipinski definition) is 1. The number of aromatic nitrogens is 3. The molecule has 0 fully saturated rings. The molecule has 4 nitrogen and oxygen atoms in total. The first-order valence-electron chi connectivity index (χ1n) is 5.42. The average Bonchev–Trinajstić information content (AvgIpc) is 2.51. The minimum absolute atomic E-state index is 0.634. The number of halogens is 1. The van der Waals surface area contributed by atoms with Gasteiger partial charge in [0.2, 0.25) is 0 Å². The van der Waals surface area contributed by atoms with Gasteiger partial charge in [0.15, 0.2) is 0 Å². The molecule has 0 aliphatic rings. The molecule has 0 amide bonds. The van der Waals surface area contributed by atoms with Crippen LogP contribution in [0.5, 0.6) is 0 Å².